The maximum atomic E-state index is 9.43. The van der Waals surface area contributed by atoms with Gasteiger partial charge in [-0.2, -0.15) is 0 Å². The van der Waals surface area contributed by atoms with Gasteiger partial charge in [-0.1, -0.05) is 44.2 Å². The van der Waals surface area contributed by atoms with Crippen LogP contribution in [0.5, 0.6) is 5.75 Å². The predicted molar refractivity (Wildman–Crippen MR) is 113 cm³/mol. The summed E-state index contributed by atoms with van der Waals surface area (Å²) in [5.74, 6) is 1.45. The second-order valence-electron chi connectivity index (χ2n) is 8.56. The van der Waals surface area contributed by atoms with Crippen LogP contribution in [0.25, 0.3) is 0 Å². The van der Waals surface area contributed by atoms with Gasteiger partial charge in [0.15, 0.2) is 0 Å². The number of fused-ring (bicyclic) bond motifs is 1. The van der Waals surface area contributed by atoms with Crippen LogP contribution in [0.15, 0.2) is 30.3 Å². The van der Waals surface area contributed by atoms with E-state index in [1.807, 2.05) is 0 Å². The van der Waals surface area contributed by atoms with Crippen LogP contribution in [0.4, 0.5) is 5.69 Å². The molecular weight excluding hydrogens is 334 g/mol. The summed E-state index contributed by atoms with van der Waals surface area (Å²) in [7, 11) is 0. The maximum Gasteiger partial charge on any atom is 0.127 e. The van der Waals surface area contributed by atoms with Gasteiger partial charge in [0.25, 0.3) is 0 Å². The first-order valence-corrected chi connectivity index (χ1v) is 10.1. The molecule has 27 heavy (non-hydrogen) atoms. The van der Waals surface area contributed by atoms with Gasteiger partial charge in [-0.05, 0) is 56.2 Å². The van der Waals surface area contributed by atoms with Gasteiger partial charge in [-0.3, -0.25) is 0 Å². The molecule has 0 atom stereocenters. The molecular formula is C24H33NO2. The van der Waals surface area contributed by atoms with Crippen molar-refractivity contribution in [2.45, 2.75) is 71.9 Å². The first kappa shape index (κ1) is 19.8. The standard InChI is InChI=1S/C24H33NO2/c1-16(2)21-19(12-9-13-26)23-20(14-24(4,5)27-23)17(3)22(21)25-15-18-10-7-6-8-11-18/h6-8,10-11,16,25-26H,9,12-15H2,1-5H3. The fourth-order valence-electron chi connectivity index (χ4n) is 4.21. The average Bonchev–Trinajstić information content (AvgIpc) is 2.96. The topological polar surface area (TPSA) is 41.5 Å². The van der Waals surface area contributed by atoms with Gasteiger partial charge in [0, 0.05) is 36.4 Å². The normalized spacial score (nSPS) is 14.9. The van der Waals surface area contributed by atoms with E-state index < -0.39 is 0 Å². The number of rotatable bonds is 7. The number of anilines is 1. The lowest BCUT2D eigenvalue weighted by Gasteiger charge is -2.25. The van der Waals surface area contributed by atoms with Crippen molar-refractivity contribution in [3.8, 4) is 5.75 Å². The monoisotopic (exact) mass is 367 g/mol. The molecule has 0 fully saturated rings. The second kappa shape index (κ2) is 7.93. The second-order valence-corrected chi connectivity index (χ2v) is 8.56. The van der Waals surface area contributed by atoms with E-state index in [1.54, 1.807) is 0 Å². The zero-order chi connectivity index (χ0) is 19.6. The van der Waals surface area contributed by atoms with Crippen LogP contribution in [-0.4, -0.2) is 17.3 Å². The quantitative estimate of drug-likeness (QED) is 0.691. The van der Waals surface area contributed by atoms with Crippen molar-refractivity contribution in [3.63, 3.8) is 0 Å². The molecule has 3 nitrogen and oxygen atoms in total. The van der Waals surface area contributed by atoms with Gasteiger partial charge in [0.1, 0.15) is 11.4 Å². The molecule has 2 aromatic rings. The third-order valence-corrected chi connectivity index (χ3v) is 5.43. The van der Waals surface area contributed by atoms with Crippen molar-refractivity contribution < 1.29 is 9.84 Å². The molecule has 146 valence electrons. The molecule has 2 N–H and O–H groups in total. The van der Waals surface area contributed by atoms with E-state index in [1.165, 1.54) is 33.5 Å². The zero-order valence-corrected chi connectivity index (χ0v) is 17.4. The van der Waals surface area contributed by atoms with Crippen molar-refractivity contribution in [2.75, 3.05) is 11.9 Å². The minimum absolute atomic E-state index is 0.173. The Labute approximate surface area is 163 Å². The minimum Gasteiger partial charge on any atom is -0.487 e. The maximum absolute atomic E-state index is 9.43. The summed E-state index contributed by atoms with van der Waals surface area (Å²) in [4.78, 5) is 0. The molecule has 0 saturated heterocycles. The Balaban J connectivity index is 2.08. The lowest BCUT2D eigenvalue weighted by atomic mass is 9.85. The molecule has 3 heteroatoms. The van der Waals surface area contributed by atoms with Gasteiger partial charge >= 0.3 is 0 Å². The van der Waals surface area contributed by atoms with Crippen LogP contribution in [0, 0.1) is 6.92 Å². The number of hydrogen-bond donors (Lipinski definition) is 2. The highest BCUT2D eigenvalue weighted by Crippen LogP contribution is 2.47. The van der Waals surface area contributed by atoms with Crippen LogP contribution in [0.2, 0.25) is 0 Å². The van der Waals surface area contributed by atoms with Crippen LogP contribution in [0.1, 0.15) is 67.9 Å². The highest BCUT2D eigenvalue weighted by Gasteiger charge is 2.36. The van der Waals surface area contributed by atoms with Crippen LogP contribution < -0.4 is 10.1 Å². The summed E-state index contributed by atoms with van der Waals surface area (Å²) in [6, 6.07) is 10.5. The highest BCUT2D eigenvalue weighted by molar-refractivity contribution is 5.70. The van der Waals surface area contributed by atoms with Gasteiger partial charge in [-0.25, -0.2) is 0 Å². The van der Waals surface area contributed by atoms with Crippen molar-refractivity contribution in [3.05, 3.63) is 58.1 Å². The smallest absolute Gasteiger partial charge is 0.127 e. The molecule has 1 aliphatic heterocycles. The molecule has 0 bridgehead atoms. The van der Waals surface area contributed by atoms with E-state index in [0.29, 0.717) is 5.92 Å². The molecule has 0 amide bonds. The number of aliphatic hydroxyl groups excluding tert-OH is 1. The number of aliphatic hydroxyl groups is 1. The predicted octanol–water partition coefficient (Wildman–Crippen LogP) is 5.37. The summed E-state index contributed by atoms with van der Waals surface area (Å²) in [5.41, 5.74) is 7.61. The Hall–Kier alpha value is -2.00. The number of ether oxygens (including phenoxy) is 1. The van der Waals surface area contributed by atoms with E-state index in [4.69, 9.17) is 4.74 Å². The van der Waals surface area contributed by atoms with Gasteiger partial charge in [-0.15, -0.1) is 0 Å². The van der Waals surface area contributed by atoms with E-state index >= 15 is 0 Å². The highest BCUT2D eigenvalue weighted by atomic mass is 16.5. The summed E-state index contributed by atoms with van der Waals surface area (Å²) >= 11 is 0. The minimum atomic E-state index is -0.173. The molecule has 2 aromatic carbocycles. The fourth-order valence-corrected chi connectivity index (χ4v) is 4.21. The number of nitrogens with one attached hydrogen (secondary N) is 1. The molecule has 0 saturated carbocycles. The average molecular weight is 368 g/mol. The fraction of sp³-hybridized carbons (Fsp3) is 0.500. The van der Waals surface area contributed by atoms with Crippen LogP contribution in [-0.2, 0) is 19.4 Å². The van der Waals surface area contributed by atoms with Crippen molar-refractivity contribution in [2.24, 2.45) is 0 Å². The molecule has 3 rings (SSSR count). The zero-order valence-electron chi connectivity index (χ0n) is 17.4. The van der Waals surface area contributed by atoms with E-state index in [-0.39, 0.29) is 12.2 Å². The summed E-state index contributed by atoms with van der Waals surface area (Å²) in [6.07, 6.45) is 2.54. The Morgan fingerprint density at radius 1 is 1.19 bits per heavy atom. The Morgan fingerprint density at radius 2 is 1.89 bits per heavy atom. The SMILES string of the molecule is Cc1c2c(c(CCCO)c(C(C)C)c1NCc1ccccc1)OC(C)(C)C2. The van der Waals surface area contributed by atoms with E-state index in [9.17, 15) is 5.11 Å². The molecule has 1 heterocycles. The molecule has 0 aliphatic carbocycles. The van der Waals surface area contributed by atoms with Gasteiger partial charge in [0.2, 0.25) is 0 Å². The van der Waals surface area contributed by atoms with E-state index in [2.05, 4.69) is 70.3 Å². The van der Waals surface area contributed by atoms with Crippen LogP contribution >= 0.6 is 0 Å². The first-order valence-electron chi connectivity index (χ1n) is 10.1. The molecule has 1 aliphatic rings. The third kappa shape index (κ3) is 4.14. The lowest BCUT2D eigenvalue weighted by Crippen LogP contribution is -2.25. The van der Waals surface area contributed by atoms with E-state index in [0.717, 1.165) is 31.6 Å². The number of benzene rings is 2. The first-order chi connectivity index (χ1) is 12.8. The van der Waals surface area contributed by atoms with Crippen molar-refractivity contribution in [1.82, 2.24) is 0 Å². The Morgan fingerprint density at radius 3 is 2.52 bits per heavy atom. The Bertz CT molecular complexity index is 794. The number of hydrogen-bond acceptors (Lipinski definition) is 3. The Kier molecular flexibility index (Phi) is 5.81. The summed E-state index contributed by atoms with van der Waals surface area (Å²) in [5, 5.41) is 13.2. The lowest BCUT2D eigenvalue weighted by molar-refractivity contribution is 0.137. The van der Waals surface area contributed by atoms with Gasteiger partial charge in [0.05, 0.1) is 0 Å². The molecule has 0 aromatic heterocycles. The molecule has 0 radical (unpaired) electrons. The van der Waals surface area contributed by atoms with Crippen molar-refractivity contribution >= 4 is 5.69 Å². The summed E-state index contributed by atoms with van der Waals surface area (Å²) < 4.78 is 6.40. The van der Waals surface area contributed by atoms with Crippen molar-refractivity contribution in [1.29, 1.82) is 0 Å². The molecule has 0 spiro atoms. The largest absolute Gasteiger partial charge is 0.487 e. The molecule has 0 unspecified atom stereocenters. The summed E-state index contributed by atoms with van der Waals surface area (Å²) in [6.45, 7) is 12.1. The third-order valence-electron chi connectivity index (χ3n) is 5.43. The van der Waals surface area contributed by atoms with Crippen LogP contribution in [0.3, 0.4) is 0 Å². The van der Waals surface area contributed by atoms with Gasteiger partial charge < -0.3 is 15.2 Å².